The molecular formula is C40H68N2O8S2. The molecule has 2 rings (SSSR count). The number of carboxylic acids is 2. The molecule has 0 saturated carbocycles. The van der Waals surface area contributed by atoms with Crippen LogP contribution in [0.1, 0.15) is 206 Å². The highest BCUT2D eigenvalue weighted by atomic mass is 33.1. The predicted octanol–water partition coefficient (Wildman–Crippen LogP) is 10.4. The van der Waals surface area contributed by atoms with Crippen LogP contribution in [0.25, 0.3) is 0 Å². The number of rotatable bonds is 33. The molecule has 52 heavy (non-hydrogen) atoms. The highest BCUT2D eigenvalue weighted by Gasteiger charge is 2.58. The first-order valence-electron chi connectivity index (χ1n) is 20.6. The van der Waals surface area contributed by atoms with E-state index >= 15 is 0 Å². The van der Waals surface area contributed by atoms with E-state index in [1.54, 1.807) is 0 Å². The molecule has 2 N–H and O–H groups in total. The highest BCUT2D eigenvalue weighted by molar-refractivity contribution is 8.78. The zero-order valence-electron chi connectivity index (χ0n) is 32.3. The van der Waals surface area contributed by atoms with Crippen molar-refractivity contribution in [3.8, 4) is 0 Å². The van der Waals surface area contributed by atoms with Gasteiger partial charge in [0, 0.05) is 25.7 Å². The molecule has 2 aliphatic rings. The topological polar surface area (TPSA) is 149 Å². The molecule has 0 aliphatic carbocycles. The molecule has 298 valence electrons. The lowest BCUT2D eigenvalue weighted by Gasteiger charge is -2.41. The molecule has 2 fully saturated rings. The Balaban J connectivity index is 2.09. The summed E-state index contributed by atoms with van der Waals surface area (Å²) in [6, 6.07) is 0. The molecule has 0 aromatic heterocycles. The van der Waals surface area contributed by atoms with Crippen molar-refractivity contribution < 1.29 is 39.0 Å². The van der Waals surface area contributed by atoms with Gasteiger partial charge in [0.15, 0.2) is 0 Å². The van der Waals surface area contributed by atoms with Crippen molar-refractivity contribution in [1.82, 2.24) is 9.80 Å². The van der Waals surface area contributed by atoms with E-state index < -0.39 is 45.3 Å². The van der Waals surface area contributed by atoms with Gasteiger partial charge in [0.1, 0.15) is 0 Å². The third-order valence-corrected chi connectivity index (χ3v) is 14.2. The normalized spacial score (nSPS) is 17.3. The lowest BCUT2D eigenvalue weighted by Crippen LogP contribution is -2.57. The van der Waals surface area contributed by atoms with Gasteiger partial charge in [0.2, 0.25) is 33.4 Å². The van der Waals surface area contributed by atoms with E-state index in [0.717, 1.165) is 48.3 Å². The molecular weight excluding hydrogens is 701 g/mol. The second kappa shape index (κ2) is 25.9. The number of hydrogen-bond donors (Lipinski definition) is 2. The van der Waals surface area contributed by atoms with Crippen LogP contribution in [0.5, 0.6) is 0 Å². The number of aliphatic carboxylic acids is 2. The Bertz CT molecular complexity index is 1020. The van der Waals surface area contributed by atoms with Crippen molar-refractivity contribution in [3.05, 3.63) is 0 Å². The molecule has 0 bridgehead atoms. The van der Waals surface area contributed by atoms with Crippen LogP contribution in [0.4, 0.5) is 0 Å². The maximum atomic E-state index is 13.2. The van der Waals surface area contributed by atoms with Crippen molar-refractivity contribution in [2.24, 2.45) is 0 Å². The van der Waals surface area contributed by atoms with Crippen LogP contribution >= 0.6 is 21.6 Å². The van der Waals surface area contributed by atoms with Crippen LogP contribution in [-0.4, -0.2) is 65.3 Å². The van der Waals surface area contributed by atoms with Crippen LogP contribution in [0.3, 0.4) is 0 Å². The lowest BCUT2D eigenvalue weighted by atomic mass is 10.0. The largest absolute Gasteiger partial charge is 0.479 e. The molecule has 0 aromatic carbocycles. The van der Waals surface area contributed by atoms with Crippen molar-refractivity contribution in [3.63, 3.8) is 0 Å². The van der Waals surface area contributed by atoms with Crippen molar-refractivity contribution in [2.75, 3.05) is 0 Å². The monoisotopic (exact) mass is 768 g/mol. The number of hydrogen-bond acceptors (Lipinski definition) is 8. The summed E-state index contributed by atoms with van der Waals surface area (Å²) in [5.41, 5.74) is 0. The van der Waals surface area contributed by atoms with E-state index in [1.165, 1.54) is 89.9 Å². The fourth-order valence-electron chi connectivity index (χ4n) is 7.37. The first-order valence-corrected chi connectivity index (χ1v) is 22.8. The fourth-order valence-corrected chi connectivity index (χ4v) is 11.0. The first-order chi connectivity index (χ1) is 25.1. The molecule has 2 unspecified atom stereocenters. The average Bonchev–Trinajstić information content (AvgIpc) is 3.64. The number of carbonyl (C=O) groups is 6. The van der Waals surface area contributed by atoms with E-state index in [9.17, 15) is 39.0 Å². The van der Waals surface area contributed by atoms with E-state index in [2.05, 4.69) is 13.8 Å². The Morgan fingerprint density at radius 1 is 0.442 bits per heavy atom. The van der Waals surface area contributed by atoms with Gasteiger partial charge in [-0.05, 0) is 47.3 Å². The van der Waals surface area contributed by atoms with Crippen LogP contribution in [0.15, 0.2) is 0 Å². The average molecular weight is 769 g/mol. The maximum Gasteiger partial charge on any atom is 0.341 e. The number of carboxylic acid groups (broad SMARTS) is 2. The summed E-state index contributed by atoms with van der Waals surface area (Å²) in [6.07, 6.45) is 25.2. The Morgan fingerprint density at radius 3 is 0.865 bits per heavy atom. The number of nitrogens with zero attached hydrogens (tertiary/aromatic N) is 2. The Kier molecular flexibility index (Phi) is 22.9. The van der Waals surface area contributed by atoms with Crippen LogP contribution in [-0.2, 0) is 28.8 Å². The summed E-state index contributed by atoms with van der Waals surface area (Å²) in [6.45, 7) is 4.42. The van der Waals surface area contributed by atoms with Crippen molar-refractivity contribution in [2.45, 2.75) is 216 Å². The van der Waals surface area contributed by atoms with Crippen LogP contribution < -0.4 is 0 Å². The molecule has 12 heteroatoms. The molecule has 4 amide bonds. The number of likely N-dealkylation sites (tertiary alicyclic amines) is 2. The Morgan fingerprint density at radius 2 is 0.654 bits per heavy atom. The fraction of sp³-hybridized carbons (Fsp3) is 0.850. The summed E-state index contributed by atoms with van der Waals surface area (Å²) in [5.74, 6) is -5.21. The minimum absolute atomic E-state index is 0.0505. The van der Waals surface area contributed by atoms with Gasteiger partial charge in [-0.15, -0.1) is 0 Å². The summed E-state index contributed by atoms with van der Waals surface area (Å²) in [4.78, 5) is 76.1. The van der Waals surface area contributed by atoms with Crippen LogP contribution in [0.2, 0.25) is 0 Å². The SMILES string of the molecule is CCCCCCCCCCCCCCC(SSC(CCCCCCCCCCCCCC)(C(=O)O)N1C(=O)CCC1=O)(C(=O)O)N1C(=O)CCC1=O. The minimum atomic E-state index is -2.06. The predicted molar refractivity (Wildman–Crippen MR) is 209 cm³/mol. The highest BCUT2D eigenvalue weighted by Crippen LogP contribution is 2.53. The van der Waals surface area contributed by atoms with E-state index in [0.29, 0.717) is 47.3 Å². The molecule has 2 saturated heterocycles. The first kappa shape index (κ1) is 46.1. The van der Waals surface area contributed by atoms with Gasteiger partial charge in [-0.2, -0.15) is 0 Å². The van der Waals surface area contributed by atoms with Crippen molar-refractivity contribution in [1.29, 1.82) is 0 Å². The number of carbonyl (C=O) groups excluding carboxylic acids is 4. The molecule has 0 spiro atoms. The summed E-state index contributed by atoms with van der Waals surface area (Å²) >= 11 is 0. The molecule has 0 aromatic rings. The van der Waals surface area contributed by atoms with Crippen molar-refractivity contribution >= 4 is 57.2 Å². The third kappa shape index (κ3) is 14.6. The zero-order chi connectivity index (χ0) is 38.2. The van der Waals surface area contributed by atoms with Gasteiger partial charge in [-0.1, -0.05) is 155 Å². The number of unbranched alkanes of at least 4 members (excludes halogenated alkanes) is 22. The van der Waals surface area contributed by atoms with E-state index in [4.69, 9.17) is 0 Å². The van der Waals surface area contributed by atoms with Crippen LogP contribution in [0, 0.1) is 0 Å². The van der Waals surface area contributed by atoms with E-state index in [-0.39, 0.29) is 38.5 Å². The Labute approximate surface area is 321 Å². The number of imide groups is 2. The standard InChI is InChI=1S/C40H68N2O8S2/c1-3-5-7-9-11-13-15-17-19-21-23-25-31-39(37(47)48,41-33(43)27-28-34(41)44)51-52-40(38(49)50,42-35(45)29-30-36(42)46)32-26-24-22-20-18-16-14-12-10-8-6-4-2/h3-32H2,1-2H3,(H,47,48)(H,49,50). The quantitative estimate of drug-likeness (QED) is 0.0375. The van der Waals surface area contributed by atoms with Gasteiger partial charge < -0.3 is 10.2 Å². The summed E-state index contributed by atoms with van der Waals surface area (Å²) < 4.78 is 0. The summed E-state index contributed by atoms with van der Waals surface area (Å²) in [7, 11) is 1.30. The second-order valence-corrected chi connectivity index (χ2v) is 17.6. The van der Waals surface area contributed by atoms with Gasteiger partial charge in [-0.25, -0.2) is 9.59 Å². The smallest absolute Gasteiger partial charge is 0.341 e. The molecule has 10 nitrogen and oxygen atoms in total. The van der Waals surface area contributed by atoms with Gasteiger partial charge in [0.05, 0.1) is 0 Å². The summed E-state index contributed by atoms with van der Waals surface area (Å²) in [5, 5.41) is 21.4. The number of amides is 4. The molecule has 2 heterocycles. The second-order valence-electron chi connectivity index (χ2n) is 14.9. The third-order valence-electron chi connectivity index (χ3n) is 10.5. The minimum Gasteiger partial charge on any atom is -0.479 e. The van der Waals surface area contributed by atoms with Gasteiger partial charge in [-0.3, -0.25) is 29.0 Å². The molecule has 2 atom stereocenters. The van der Waals surface area contributed by atoms with Gasteiger partial charge in [0.25, 0.3) is 0 Å². The molecule has 0 radical (unpaired) electrons. The Hall–Kier alpha value is -2.08. The van der Waals surface area contributed by atoms with Gasteiger partial charge >= 0.3 is 11.9 Å². The van der Waals surface area contributed by atoms with E-state index in [1.807, 2.05) is 0 Å². The zero-order valence-corrected chi connectivity index (χ0v) is 33.9. The maximum absolute atomic E-state index is 13.2. The lowest BCUT2D eigenvalue weighted by molar-refractivity contribution is -0.157. The molecule has 2 aliphatic heterocycles.